The van der Waals surface area contributed by atoms with Crippen LogP contribution in [0.1, 0.15) is 24.0 Å². The molecule has 1 aliphatic carbocycles. The standard InChI is InChI=1S/C20H19FN2O2/c21-15-5-7-16(8-6-15)22-19(24)18-10-11-23(20(18)25)17-9-4-13-2-1-3-14(13)12-17/h4-9,12,18H,1-3,10-11H2,(H,22,24). The van der Waals surface area contributed by atoms with Crippen LogP contribution in [0.2, 0.25) is 0 Å². The lowest BCUT2D eigenvalue weighted by Gasteiger charge is -2.18. The van der Waals surface area contributed by atoms with Gasteiger partial charge in [0.1, 0.15) is 11.7 Å². The van der Waals surface area contributed by atoms with Crippen molar-refractivity contribution in [3.63, 3.8) is 0 Å². The second-order valence-corrected chi connectivity index (χ2v) is 6.63. The molecule has 4 rings (SSSR count). The molecule has 0 bridgehead atoms. The molecule has 1 fully saturated rings. The molecule has 128 valence electrons. The number of amides is 2. The molecular weight excluding hydrogens is 319 g/mol. The first-order valence-electron chi connectivity index (χ1n) is 8.61. The van der Waals surface area contributed by atoms with Gasteiger partial charge < -0.3 is 10.2 Å². The van der Waals surface area contributed by atoms with E-state index in [-0.39, 0.29) is 17.6 Å². The number of halogens is 1. The van der Waals surface area contributed by atoms with E-state index < -0.39 is 5.92 Å². The van der Waals surface area contributed by atoms with Gasteiger partial charge in [-0.3, -0.25) is 9.59 Å². The predicted octanol–water partition coefficient (Wildman–Crippen LogP) is 3.31. The van der Waals surface area contributed by atoms with Gasteiger partial charge in [0.2, 0.25) is 11.8 Å². The van der Waals surface area contributed by atoms with Crippen molar-refractivity contribution in [2.75, 3.05) is 16.8 Å². The SMILES string of the molecule is O=C(Nc1ccc(F)cc1)C1CCN(c2ccc3c(c2)CCC3)C1=O. The molecule has 2 aromatic rings. The van der Waals surface area contributed by atoms with E-state index in [2.05, 4.69) is 17.4 Å². The van der Waals surface area contributed by atoms with Crippen molar-refractivity contribution in [1.29, 1.82) is 0 Å². The topological polar surface area (TPSA) is 49.4 Å². The molecular formula is C20H19FN2O2. The van der Waals surface area contributed by atoms with E-state index in [1.807, 2.05) is 6.07 Å². The number of nitrogens with zero attached hydrogens (tertiary/aromatic N) is 1. The Balaban J connectivity index is 1.47. The number of benzene rings is 2. The molecule has 1 atom stereocenters. The molecule has 25 heavy (non-hydrogen) atoms. The zero-order chi connectivity index (χ0) is 17.4. The first-order valence-corrected chi connectivity index (χ1v) is 8.61. The largest absolute Gasteiger partial charge is 0.325 e. The van der Waals surface area contributed by atoms with Crippen LogP contribution in [0.3, 0.4) is 0 Å². The minimum Gasteiger partial charge on any atom is -0.325 e. The van der Waals surface area contributed by atoms with Crippen LogP contribution in [0, 0.1) is 11.7 Å². The summed E-state index contributed by atoms with van der Waals surface area (Å²) >= 11 is 0. The number of rotatable bonds is 3. The van der Waals surface area contributed by atoms with E-state index in [9.17, 15) is 14.0 Å². The molecule has 1 N–H and O–H groups in total. The van der Waals surface area contributed by atoms with Crippen molar-refractivity contribution in [3.05, 3.63) is 59.4 Å². The molecule has 0 spiro atoms. The number of hydrogen-bond donors (Lipinski definition) is 1. The molecule has 2 amide bonds. The maximum Gasteiger partial charge on any atom is 0.239 e. The van der Waals surface area contributed by atoms with Crippen LogP contribution in [0.25, 0.3) is 0 Å². The van der Waals surface area contributed by atoms with Gasteiger partial charge in [-0.05, 0) is 73.2 Å². The Morgan fingerprint density at radius 1 is 1.08 bits per heavy atom. The molecule has 1 unspecified atom stereocenters. The zero-order valence-corrected chi connectivity index (χ0v) is 13.8. The van der Waals surface area contributed by atoms with Crippen molar-refractivity contribution >= 4 is 23.2 Å². The van der Waals surface area contributed by atoms with Crippen molar-refractivity contribution < 1.29 is 14.0 Å². The highest BCUT2D eigenvalue weighted by atomic mass is 19.1. The molecule has 0 radical (unpaired) electrons. The Morgan fingerprint density at radius 3 is 2.64 bits per heavy atom. The maximum absolute atomic E-state index is 12.9. The first-order chi connectivity index (χ1) is 12.1. The number of anilines is 2. The summed E-state index contributed by atoms with van der Waals surface area (Å²) in [4.78, 5) is 26.8. The number of carbonyl (C=O) groups is 2. The van der Waals surface area contributed by atoms with Gasteiger partial charge in [-0.2, -0.15) is 0 Å². The lowest BCUT2D eigenvalue weighted by Crippen LogP contribution is -2.33. The lowest BCUT2D eigenvalue weighted by atomic mass is 10.1. The van der Waals surface area contributed by atoms with Crippen LogP contribution in [0.5, 0.6) is 0 Å². The Hall–Kier alpha value is -2.69. The van der Waals surface area contributed by atoms with Crippen molar-refractivity contribution in [2.45, 2.75) is 25.7 Å². The lowest BCUT2D eigenvalue weighted by molar-refractivity contribution is -0.129. The predicted molar refractivity (Wildman–Crippen MR) is 94.0 cm³/mol. The third kappa shape index (κ3) is 3.02. The fourth-order valence-electron chi connectivity index (χ4n) is 3.67. The molecule has 1 aliphatic heterocycles. The van der Waals surface area contributed by atoms with Gasteiger partial charge >= 0.3 is 0 Å². The van der Waals surface area contributed by atoms with Gasteiger partial charge in [-0.25, -0.2) is 4.39 Å². The molecule has 0 saturated carbocycles. The number of nitrogens with one attached hydrogen (secondary N) is 1. The summed E-state index contributed by atoms with van der Waals surface area (Å²) in [5.41, 5.74) is 4.04. The first kappa shape index (κ1) is 15.8. The van der Waals surface area contributed by atoms with Crippen LogP contribution in [0.15, 0.2) is 42.5 Å². The van der Waals surface area contributed by atoms with Gasteiger partial charge in [-0.15, -0.1) is 0 Å². The van der Waals surface area contributed by atoms with Crippen LogP contribution in [-0.2, 0) is 22.4 Å². The summed E-state index contributed by atoms with van der Waals surface area (Å²) < 4.78 is 12.9. The highest BCUT2D eigenvalue weighted by Gasteiger charge is 2.37. The molecule has 2 aromatic carbocycles. The van der Waals surface area contributed by atoms with Crippen molar-refractivity contribution in [2.24, 2.45) is 5.92 Å². The summed E-state index contributed by atoms with van der Waals surface area (Å²) in [7, 11) is 0. The fraction of sp³-hybridized carbons (Fsp3) is 0.300. The van der Waals surface area contributed by atoms with Gasteiger partial charge in [0.25, 0.3) is 0 Å². The summed E-state index contributed by atoms with van der Waals surface area (Å²) in [6.07, 6.45) is 3.81. The number of hydrogen-bond acceptors (Lipinski definition) is 2. The summed E-state index contributed by atoms with van der Waals surface area (Å²) in [5.74, 6) is -1.56. The van der Waals surface area contributed by atoms with Crippen LogP contribution in [-0.4, -0.2) is 18.4 Å². The molecule has 5 heteroatoms. The molecule has 4 nitrogen and oxygen atoms in total. The second-order valence-electron chi connectivity index (χ2n) is 6.63. The van der Waals surface area contributed by atoms with E-state index in [1.54, 1.807) is 4.90 Å². The van der Waals surface area contributed by atoms with Gasteiger partial charge in [-0.1, -0.05) is 6.07 Å². The Labute approximate surface area is 145 Å². The van der Waals surface area contributed by atoms with E-state index in [0.717, 1.165) is 24.9 Å². The van der Waals surface area contributed by atoms with E-state index in [1.165, 1.54) is 35.4 Å². The third-order valence-corrected chi connectivity index (χ3v) is 5.03. The number of fused-ring (bicyclic) bond motifs is 1. The van der Waals surface area contributed by atoms with Gasteiger partial charge in [0, 0.05) is 17.9 Å². The van der Waals surface area contributed by atoms with Crippen LogP contribution in [0.4, 0.5) is 15.8 Å². The van der Waals surface area contributed by atoms with Crippen LogP contribution >= 0.6 is 0 Å². The fourth-order valence-corrected chi connectivity index (χ4v) is 3.67. The summed E-state index contributed by atoms with van der Waals surface area (Å²) in [5, 5.41) is 2.70. The molecule has 1 heterocycles. The van der Waals surface area contributed by atoms with Crippen molar-refractivity contribution in [1.82, 2.24) is 0 Å². The van der Waals surface area contributed by atoms with Gasteiger partial charge in [0.05, 0.1) is 0 Å². The highest BCUT2D eigenvalue weighted by Crippen LogP contribution is 2.31. The zero-order valence-electron chi connectivity index (χ0n) is 13.8. The van der Waals surface area contributed by atoms with E-state index >= 15 is 0 Å². The smallest absolute Gasteiger partial charge is 0.239 e. The minimum absolute atomic E-state index is 0.169. The number of aryl methyl sites for hydroxylation is 2. The third-order valence-electron chi connectivity index (χ3n) is 5.03. The summed E-state index contributed by atoms with van der Waals surface area (Å²) in [6, 6.07) is 11.7. The Kier molecular flexibility index (Phi) is 3.99. The maximum atomic E-state index is 12.9. The molecule has 0 aromatic heterocycles. The minimum atomic E-state index is -0.696. The molecule has 1 saturated heterocycles. The monoisotopic (exact) mass is 338 g/mol. The quantitative estimate of drug-likeness (QED) is 0.873. The summed E-state index contributed by atoms with van der Waals surface area (Å²) in [6.45, 7) is 0.541. The molecule has 2 aliphatic rings. The second kappa shape index (κ2) is 6.31. The van der Waals surface area contributed by atoms with Crippen LogP contribution < -0.4 is 10.2 Å². The average molecular weight is 338 g/mol. The van der Waals surface area contributed by atoms with E-state index in [4.69, 9.17) is 0 Å². The van der Waals surface area contributed by atoms with Gasteiger partial charge in [0.15, 0.2) is 0 Å². The average Bonchev–Trinajstić information content (AvgIpc) is 3.22. The highest BCUT2D eigenvalue weighted by molar-refractivity contribution is 6.13. The van der Waals surface area contributed by atoms with Crippen molar-refractivity contribution in [3.8, 4) is 0 Å². The van der Waals surface area contributed by atoms with E-state index in [0.29, 0.717) is 18.7 Å². The number of carbonyl (C=O) groups excluding carboxylic acids is 2. The Bertz CT molecular complexity index is 832. The Morgan fingerprint density at radius 2 is 1.84 bits per heavy atom. The normalized spacial score (nSPS) is 19.2.